The van der Waals surface area contributed by atoms with Gasteiger partial charge in [-0.1, -0.05) is 42.5 Å². The standard InChI is InChI=1S/C17H21N5O3S2/c1-3-4-8-14(24)20-16-21-22-17(27-16)26-10-15(25)19-13-7-5-6-12(9-13)18-11(2)23/h5-7,9H,3-4,8,10H2,1-2H3,(H,18,23)(H,19,25)(H,20,21,24). The molecular formula is C17H21N5O3S2. The molecule has 1 heterocycles. The first-order valence-corrected chi connectivity index (χ1v) is 10.2. The molecule has 2 aromatic rings. The fraction of sp³-hybridized carbons (Fsp3) is 0.353. The second-order valence-electron chi connectivity index (χ2n) is 5.62. The lowest BCUT2D eigenvalue weighted by atomic mass is 10.2. The Morgan fingerprint density at radius 2 is 1.81 bits per heavy atom. The number of rotatable bonds is 9. The molecule has 1 aromatic carbocycles. The number of hydrogen-bond donors (Lipinski definition) is 3. The number of carbonyl (C=O) groups is 3. The van der Waals surface area contributed by atoms with Gasteiger partial charge in [0.25, 0.3) is 0 Å². The number of hydrogen-bond acceptors (Lipinski definition) is 7. The Kier molecular flexibility index (Phi) is 8.21. The molecule has 0 saturated heterocycles. The summed E-state index contributed by atoms with van der Waals surface area (Å²) in [6, 6.07) is 6.90. The maximum Gasteiger partial charge on any atom is 0.234 e. The van der Waals surface area contributed by atoms with E-state index in [1.807, 2.05) is 6.92 Å². The van der Waals surface area contributed by atoms with E-state index < -0.39 is 0 Å². The van der Waals surface area contributed by atoms with Gasteiger partial charge in [-0.15, -0.1) is 10.2 Å². The maximum atomic E-state index is 12.1. The van der Waals surface area contributed by atoms with E-state index in [2.05, 4.69) is 26.1 Å². The third-order valence-corrected chi connectivity index (χ3v) is 5.18. The molecule has 27 heavy (non-hydrogen) atoms. The Labute approximate surface area is 165 Å². The van der Waals surface area contributed by atoms with Crippen molar-refractivity contribution in [3.8, 4) is 0 Å². The van der Waals surface area contributed by atoms with Crippen LogP contribution in [-0.4, -0.2) is 33.7 Å². The minimum Gasteiger partial charge on any atom is -0.326 e. The highest BCUT2D eigenvalue weighted by atomic mass is 32.2. The predicted molar refractivity (Wildman–Crippen MR) is 108 cm³/mol. The van der Waals surface area contributed by atoms with Crippen molar-refractivity contribution in [2.24, 2.45) is 0 Å². The topological polar surface area (TPSA) is 113 Å². The van der Waals surface area contributed by atoms with Gasteiger partial charge in [-0.2, -0.15) is 0 Å². The SMILES string of the molecule is CCCCC(=O)Nc1nnc(SCC(=O)Nc2cccc(NC(C)=O)c2)s1. The molecule has 0 atom stereocenters. The highest BCUT2D eigenvalue weighted by Gasteiger charge is 2.11. The molecule has 144 valence electrons. The molecule has 0 saturated carbocycles. The minimum absolute atomic E-state index is 0.0821. The molecule has 8 nitrogen and oxygen atoms in total. The Balaban J connectivity index is 1.80. The van der Waals surface area contributed by atoms with Crippen LogP contribution in [0.5, 0.6) is 0 Å². The van der Waals surface area contributed by atoms with Gasteiger partial charge in [0.15, 0.2) is 4.34 Å². The molecule has 3 N–H and O–H groups in total. The van der Waals surface area contributed by atoms with Gasteiger partial charge in [0.1, 0.15) is 0 Å². The Bertz CT molecular complexity index is 809. The van der Waals surface area contributed by atoms with Crippen LogP contribution in [0.25, 0.3) is 0 Å². The van der Waals surface area contributed by atoms with Crippen LogP contribution in [0, 0.1) is 0 Å². The van der Waals surface area contributed by atoms with Crippen molar-refractivity contribution in [3.63, 3.8) is 0 Å². The van der Waals surface area contributed by atoms with Gasteiger partial charge in [-0.3, -0.25) is 14.4 Å². The molecule has 0 aliphatic rings. The molecular weight excluding hydrogens is 386 g/mol. The summed E-state index contributed by atoms with van der Waals surface area (Å²) >= 11 is 2.47. The molecule has 2 rings (SSSR count). The van der Waals surface area contributed by atoms with Crippen molar-refractivity contribution in [3.05, 3.63) is 24.3 Å². The Hall–Kier alpha value is -2.46. The summed E-state index contributed by atoms with van der Waals surface area (Å²) in [4.78, 5) is 34.9. The van der Waals surface area contributed by atoms with Gasteiger partial charge in [0.2, 0.25) is 22.9 Å². The van der Waals surface area contributed by atoms with Gasteiger partial charge in [0, 0.05) is 24.7 Å². The second-order valence-corrected chi connectivity index (χ2v) is 7.82. The summed E-state index contributed by atoms with van der Waals surface area (Å²) in [5.41, 5.74) is 1.20. The molecule has 0 aliphatic heterocycles. The van der Waals surface area contributed by atoms with Crippen LogP contribution in [0.2, 0.25) is 0 Å². The first kappa shape index (κ1) is 20.8. The predicted octanol–water partition coefficient (Wildman–Crippen LogP) is 3.36. The second kappa shape index (κ2) is 10.6. The molecule has 0 fully saturated rings. The number of aromatic nitrogens is 2. The third-order valence-electron chi connectivity index (χ3n) is 3.20. The first-order valence-electron chi connectivity index (χ1n) is 8.40. The van der Waals surface area contributed by atoms with Crippen molar-refractivity contribution in [1.82, 2.24) is 10.2 Å². The van der Waals surface area contributed by atoms with Crippen LogP contribution in [0.3, 0.4) is 0 Å². The monoisotopic (exact) mass is 407 g/mol. The largest absolute Gasteiger partial charge is 0.326 e. The zero-order valence-corrected chi connectivity index (χ0v) is 16.7. The van der Waals surface area contributed by atoms with Crippen LogP contribution in [0.4, 0.5) is 16.5 Å². The summed E-state index contributed by atoms with van der Waals surface area (Å²) in [7, 11) is 0. The van der Waals surface area contributed by atoms with Gasteiger partial charge in [-0.05, 0) is 24.6 Å². The van der Waals surface area contributed by atoms with Crippen molar-refractivity contribution in [2.75, 3.05) is 21.7 Å². The zero-order chi connectivity index (χ0) is 19.6. The maximum absolute atomic E-state index is 12.1. The van der Waals surface area contributed by atoms with E-state index >= 15 is 0 Å². The summed E-state index contributed by atoms with van der Waals surface area (Å²) in [6.45, 7) is 3.44. The van der Waals surface area contributed by atoms with E-state index in [4.69, 9.17) is 0 Å². The van der Waals surface area contributed by atoms with E-state index in [1.54, 1.807) is 24.3 Å². The third kappa shape index (κ3) is 7.75. The average molecular weight is 408 g/mol. The van der Waals surface area contributed by atoms with Crippen molar-refractivity contribution in [1.29, 1.82) is 0 Å². The molecule has 1 aromatic heterocycles. The van der Waals surface area contributed by atoms with Gasteiger partial charge < -0.3 is 16.0 Å². The van der Waals surface area contributed by atoms with Gasteiger partial charge in [-0.25, -0.2) is 0 Å². The highest BCUT2D eigenvalue weighted by molar-refractivity contribution is 8.01. The summed E-state index contributed by atoms with van der Waals surface area (Å²) < 4.78 is 0.600. The average Bonchev–Trinajstić information content (AvgIpc) is 3.05. The molecule has 0 radical (unpaired) electrons. The number of anilines is 3. The van der Waals surface area contributed by atoms with E-state index in [0.29, 0.717) is 27.3 Å². The smallest absolute Gasteiger partial charge is 0.234 e. The molecule has 0 spiro atoms. The minimum atomic E-state index is -0.205. The molecule has 0 unspecified atom stereocenters. The van der Waals surface area contributed by atoms with Crippen molar-refractivity contribution < 1.29 is 14.4 Å². The molecule has 10 heteroatoms. The summed E-state index contributed by atoms with van der Waals surface area (Å²) in [5, 5.41) is 16.4. The lowest BCUT2D eigenvalue weighted by molar-refractivity contribution is -0.116. The number of amides is 3. The van der Waals surface area contributed by atoms with Crippen molar-refractivity contribution in [2.45, 2.75) is 37.4 Å². The van der Waals surface area contributed by atoms with Crippen LogP contribution in [0.1, 0.15) is 33.1 Å². The van der Waals surface area contributed by atoms with Gasteiger partial charge >= 0.3 is 0 Å². The lowest BCUT2D eigenvalue weighted by Crippen LogP contribution is -2.14. The Morgan fingerprint density at radius 3 is 2.52 bits per heavy atom. The first-order chi connectivity index (χ1) is 13.0. The van der Waals surface area contributed by atoms with E-state index in [-0.39, 0.29) is 23.5 Å². The normalized spacial score (nSPS) is 10.3. The molecule has 0 aliphatic carbocycles. The van der Waals surface area contributed by atoms with E-state index in [0.717, 1.165) is 12.8 Å². The number of nitrogens with one attached hydrogen (secondary N) is 3. The van der Waals surface area contributed by atoms with E-state index in [1.165, 1.54) is 30.0 Å². The molecule has 0 bridgehead atoms. The van der Waals surface area contributed by atoms with Gasteiger partial charge in [0.05, 0.1) is 5.75 Å². The fourth-order valence-electron chi connectivity index (χ4n) is 2.04. The number of thioether (sulfide) groups is 1. The molecule has 3 amide bonds. The van der Waals surface area contributed by atoms with Crippen LogP contribution in [-0.2, 0) is 14.4 Å². The number of unbranched alkanes of at least 4 members (excludes halogenated alkanes) is 1. The number of benzene rings is 1. The van der Waals surface area contributed by atoms with Crippen LogP contribution >= 0.6 is 23.1 Å². The van der Waals surface area contributed by atoms with E-state index in [9.17, 15) is 14.4 Å². The summed E-state index contributed by atoms with van der Waals surface area (Å²) in [5.74, 6) is -0.309. The van der Waals surface area contributed by atoms with Crippen molar-refractivity contribution >= 4 is 57.3 Å². The Morgan fingerprint density at radius 1 is 1.07 bits per heavy atom. The van der Waals surface area contributed by atoms with Crippen LogP contribution in [0.15, 0.2) is 28.6 Å². The van der Waals surface area contributed by atoms with Crippen LogP contribution < -0.4 is 16.0 Å². The lowest BCUT2D eigenvalue weighted by Gasteiger charge is -2.07. The number of carbonyl (C=O) groups excluding carboxylic acids is 3. The highest BCUT2D eigenvalue weighted by Crippen LogP contribution is 2.26. The zero-order valence-electron chi connectivity index (χ0n) is 15.1. The summed E-state index contributed by atoms with van der Waals surface area (Å²) in [6.07, 6.45) is 2.24. The number of nitrogens with zero attached hydrogens (tertiary/aromatic N) is 2. The fourth-order valence-corrected chi connectivity index (χ4v) is 3.61. The quantitative estimate of drug-likeness (QED) is 0.434.